The van der Waals surface area contributed by atoms with Gasteiger partial charge in [0.2, 0.25) is 5.91 Å². The average Bonchev–Trinajstić information content (AvgIpc) is 2.51. The zero-order valence-corrected chi connectivity index (χ0v) is 16.4. The first-order valence-corrected chi connectivity index (χ1v) is 8.32. The first-order valence-electron chi connectivity index (χ1n) is 8.32. The van der Waals surface area contributed by atoms with Crippen LogP contribution in [0.15, 0.2) is 18.2 Å². The topological polar surface area (TPSA) is 87.7 Å². The third-order valence-electron chi connectivity index (χ3n) is 3.31. The molecule has 1 aromatic carbocycles. The van der Waals surface area contributed by atoms with Gasteiger partial charge < -0.3 is 20.5 Å². The third-order valence-corrected chi connectivity index (χ3v) is 3.31. The van der Waals surface area contributed by atoms with Crippen molar-refractivity contribution >= 4 is 28.3 Å². The fourth-order valence-corrected chi connectivity index (χ4v) is 2.08. The standard InChI is InChI=1S/C18H28N2O4.Si/c1-5-6-18(23)20-14-7-8-17(16(9-14)13(4)21)24-11-15(22)10-19-12(2)3;/h7-9,12,15,19,22H,5-6,10-11H2,1-4H3,(H,20,23);. The Kier molecular flexibility index (Phi) is 11.0. The highest BCUT2D eigenvalue weighted by molar-refractivity contribution is 5.99. The molecule has 4 radical (unpaired) electrons. The maximum absolute atomic E-state index is 11.8. The lowest BCUT2D eigenvalue weighted by Crippen LogP contribution is -2.35. The van der Waals surface area contributed by atoms with Crippen LogP contribution in [-0.2, 0) is 4.79 Å². The average molecular weight is 365 g/mol. The predicted octanol–water partition coefficient (Wildman–Crippen LogP) is 1.98. The quantitative estimate of drug-likeness (QED) is 0.436. The van der Waals surface area contributed by atoms with E-state index in [0.29, 0.717) is 30.0 Å². The fourth-order valence-electron chi connectivity index (χ4n) is 2.08. The van der Waals surface area contributed by atoms with E-state index in [4.69, 9.17) is 4.74 Å². The van der Waals surface area contributed by atoms with Gasteiger partial charge in [-0.15, -0.1) is 0 Å². The number of ketones is 1. The number of benzene rings is 1. The number of amides is 1. The van der Waals surface area contributed by atoms with Crippen LogP contribution in [0.2, 0.25) is 0 Å². The molecule has 1 aromatic rings. The van der Waals surface area contributed by atoms with Crippen molar-refractivity contribution in [3.05, 3.63) is 23.8 Å². The molecule has 138 valence electrons. The van der Waals surface area contributed by atoms with Gasteiger partial charge in [-0.2, -0.15) is 0 Å². The van der Waals surface area contributed by atoms with Crippen LogP contribution < -0.4 is 15.4 Å². The van der Waals surface area contributed by atoms with Gasteiger partial charge >= 0.3 is 0 Å². The second kappa shape index (κ2) is 11.8. The largest absolute Gasteiger partial charge is 0.490 e. The van der Waals surface area contributed by atoms with Gasteiger partial charge in [0.15, 0.2) is 5.78 Å². The minimum absolute atomic E-state index is 0. The second-order valence-corrected chi connectivity index (χ2v) is 6.09. The summed E-state index contributed by atoms with van der Waals surface area (Å²) >= 11 is 0. The van der Waals surface area contributed by atoms with Gasteiger partial charge in [0.05, 0.1) is 5.56 Å². The van der Waals surface area contributed by atoms with Crippen molar-refractivity contribution in [2.75, 3.05) is 18.5 Å². The third kappa shape index (κ3) is 8.81. The van der Waals surface area contributed by atoms with E-state index in [9.17, 15) is 14.7 Å². The molecule has 0 aliphatic rings. The highest BCUT2D eigenvalue weighted by atomic mass is 28.1. The van der Waals surface area contributed by atoms with Crippen LogP contribution in [0.25, 0.3) is 0 Å². The molecule has 0 saturated heterocycles. The molecule has 0 aliphatic heterocycles. The summed E-state index contributed by atoms with van der Waals surface area (Å²) in [4.78, 5) is 23.5. The number of carbonyl (C=O) groups excluding carboxylic acids is 2. The van der Waals surface area contributed by atoms with Crippen molar-refractivity contribution in [3.63, 3.8) is 0 Å². The number of nitrogens with one attached hydrogen (secondary N) is 2. The minimum Gasteiger partial charge on any atom is -0.490 e. The molecule has 0 aromatic heterocycles. The molecule has 1 unspecified atom stereocenters. The summed E-state index contributed by atoms with van der Waals surface area (Å²) in [5, 5.41) is 15.8. The summed E-state index contributed by atoms with van der Waals surface area (Å²) in [6.07, 6.45) is 0.522. The van der Waals surface area contributed by atoms with E-state index in [0.717, 1.165) is 6.42 Å². The molecule has 6 nitrogen and oxygen atoms in total. The van der Waals surface area contributed by atoms with E-state index in [1.54, 1.807) is 18.2 Å². The normalized spacial score (nSPS) is 11.6. The van der Waals surface area contributed by atoms with Gasteiger partial charge in [-0.3, -0.25) is 9.59 Å². The number of hydrogen-bond donors (Lipinski definition) is 3. The van der Waals surface area contributed by atoms with E-state index in [-0.39, 0.29) is 35.3 Å². The Hall–Kier alpha value is -1.70. The Morgan fingerprint density at radius 3 is 2.52 bits per heavy atom. The van der Waals surface area contributed by atoms with Gasteiger partial charge in [0, 0.05) is 35.7 Å². The smallest absolute Gasteiger partial charge is 0.224 e. The van der Waals surface area contributed by atoms with Gasteiger partial charge in [-0.1, -0.05) is 20.8 Å². The van der Waals surface area contributed by atoms with Crippen molar-refractivity contribution in [3.8, 4) is 5.75 Å². The SMILES string of the molecule is CCCC(=O)Nc1ccc(OCC(O)CNC(C)C)c(C(C)=O)c1.[Si]. The van der Waals surface area contributed by atoms with E-state index in [1.165, 1.54) is 6.92 Å². The first kappa shape index (κ1) is 23.3. The summed E-state index contributed by atoms with van der Waals surface area (Å²) in [7, 11) is 0. The molecule has 25 heavy (non-hydrogen) atoms. The molecule has 0 spiro atoms. The van der Waals surface area contributed by atoms with Gasteiger partial charge in [0.1, 0.15) is 18.5 Å². The zero-order valence-electron chi connectivity index (χ0n) is 15.4. The Balaban J connectivity index is 0.00000576. The van der Waals surface area contributed by atoms with E-state index >= 15 is 0 Å². The molecule has 1 atom stereocenters. The molecular formula is C18H28N2O4Si. The van der Waals surface area contributed by atoms with E-state index in [1.807, 2.05) is 20.8 Å². The molecule has 0 bridgehead atoms. The van der Waals surface area contributed by atoms with Crippen LogP contribution in [0.4, 0.5) is 5.69 Å². The highest BCUT2D eigenvalue weighted by Crippen LogP contribution is 2.24. The predicted molar refractivity (Wildman–Crippen MR) is 100 cm³/mol. The van der Waals surface area contributed by atoms with Crippen molar-refractivity contribution in [2.24, 2.45) is 0 Å². The number of aliphatic hydroxyl groups is 1. The number of aliphatic hydroxyl groups excluding tert-OH is 1. The van der Waals surface area contributed by atoms with Crippen LogP contribution in [0.3, 0.4) is 0 Å². The minimum atomic E-state index is -0.670. The molecule has 0 fully saturated rings. The number of Topliss-reactive ketones (excluding diaryl/α,β-unsaturated/α-hetero) is 1. The lowest BCUT2D eigenvalue weighted by atomic mass is 10.1. The van der Waals surface area contributed by atoms with Gasteiger partial charge in [-0.25, -0.2) is 0 Å². The summed E-state index contributed by atoms with van der Waals surface area (Å²) < 4.78 is 5.58. The Labute approximate surface area is 154 Å². The lowest BCUT2D eigenvalue weighted by Gasteiger charge is -2.17. The van der Waals surface area contributed by atoms with Crippen molar-refractivity contribution in [2.45, 2.75) is 52.7 Å². The number of ether oxygens (including phenoxy) is 1. The first-order chi connectivity index (χ1) is 11.3. The lowest BCUT2D eigenvalue weighted by molar-refractivity contribution is -0.116. The molecule has 1 rings (SSSR count). The van der Waals surface area contributed by atoms with Crippen LogP contribution in [-0.4, -0.2) is 53.1 Å². The van der Waals surface area contributed by atoms with Crippen LogP contribution in [0.1, 0.15) is 50.9 Å². The van der Waals surface area contributed by atoms with E-state index < -0.39 is 6.10 Å². The van der Waals surface area contributed by atoms with E-state index in [2.05, 4.69) is 10.6 Å². The molecule has 3 N–H and O–H groups in total. The Morgan fingerprint density at radius 2 is 1.96 bits per heavy atom. The number of carbonyl (C=O) groups is 2. The maximum atomic E-state index is 11.8. The Bertz CT molecular complexity index is 564. The number of anilines is 1. The van der Waals surface area contributed by atoms with Gasteiger partial charge in [-0.05, 0) is 31.5 Å². The zero-order chi connectivity index (χ0) is 18.1. The second-order valence-electron chi connectivity index (χ2n) is 6.09. The van der Waals surface area contributed by atoms with Crippen LogP contribution in [0, 0.1) is 0 Å². The summed E-state index contributed by atoms with van der Waals surface area (Å²) in [5.41, 5.74) is 0.946. The summed E-state index contributed by atoms with van der Waals surface area (Å²) in [5.74, 6) is 0.154. The Morgan fingerprint density at radius 1 is 1.28 bits per heavy atom. The van der Waals surface area contributed by atoms with Crippen molar-refractivity contribution in [1.29, 1.82) is 0 Å². The molecule has 0 aliphatic carbocycles. The molecular weight excluding hydrogens is 336 g/mol. The molecule has 0 saturated carbocycles. The number of hydrogen-bond acceptors (Lipinski definition) is 5. The number of rotatable bonds is 10. The van der Waals surface area contributed by atoms with Crippen molar-refractivity contribution in [1.82, 2.24) is 5.32 Å². The maximum Gasteiger partial charge on any atom is 0.224 e. The highest BCUT2D eigenvalue weighted by Gasteiger charge is 2.13. The summed E-state index contributed by atoms with van der Waals surface area (Å²) in [6.45, 7) is 7.85. The molecule has 1 amide bonds. The summed E-state index contributed by atoms with van der Waals surface area (Å²) in [6, 6.07) is 5.21. The van der Waals surface area contributed by atoms with Crippen LogP contribution >= 0.6 is 0 Å². The molecule has 0 heterocycles. The molecule has 7 heteroatoms. The monoisotopic (exact) mass is 364 g/mol. The van der Waals surface area contributed by atoms with Crippen LogP contribution in [0.5, 0.6) is 5.75 Å². The fraction of sp³-hybridized carbons (Fsp3) is 0.556. The van der Waals surface area contributed by atoms with Crippen molar-refractivity contribution < 1.29 is 19.4 Å². The van der Waals surface area contributed by atoms with Gasteiger partial charge in [0.25, 0.3) is 0 Å².